The van der Waals surface area contributed by atoms with Gasteiger partial charge >= 0.3 is 5.69 Å². The van der Waals surface area contributed by atoms with Crippen LogP contribution in [0.2, 0.25) is 0 Å². The molecule has 1 aromatic carbocycles. The summed E-state index contributed by atoms with van der Waals surface area (Å²) in [4.78, 5) is 29.1. The van der Waals surface area contributed by atoms with Crippen LogP contribution in [0, 0.1) is 6.92 Å². The third-order valence-electron chi connectivity index (χ3n) is 4.43. The number of carbonyl (C=O) groups excluding carboxylic acids is 1. The highest BCUT2D eigenvalue weighted by atomic mass is 16.6. The summed E-state index contributed by atoms with van der Waals surface area (Å²) < 4.78 is 6.28. The van der Waals surface area contributed by atoms with Gasteiger partial charge in [0, 0.05) is 11.1 Å². The molecular weight excluding hydrogens is 342 g/mol. The van der Waals surface area contributed by atoms with Crippen LogP contribution in [0.5, 0.6) is 0 Å². The van der Waals surface area contributed by atoms with E-state index in [2.05, 4.69) is 4.98 Å². The first-order chi connectivity index (χ1) is 12.4. The molecular formula is C17H19N3O6. The number of anilines is 1. The Morgan fingerprint density at radius 1 is 1.27 bits per heavy atom. The molecule has 1 fully saturated rings. The fraction of sp³-hybridized carbons (Fsp3) is 0.353. The predicted octanol–water partition coefficient (Wildman–Crippen LogP) is -1.02. The zero-order valence-corrected chi connectivity index (χ0v) is 13.9. The third-order valence-corrected chi connectivity index (χ3v) is 4.43. The minimum atomic E-state index is -1.53. The molecule has 0 amide bonds. The second-order valence-corrected chi connectivity index (χ2v) is 6.05. The lowest BCUT2D eigenvalue weighted by Gasteiger charge is -2.22. The average molecular weight is 361 g/mol. The van der Waals surface area contributed by atoms with Gasteiger partial charge in [0.2, 0.25) is 5.78 Å². The van der Waals surface area contributed by atoms with Crippen molar-refractivity contribution in [1.29, 1.82) is 0 Å². The second-order valence-electron chi connectivity index (χ2n) is 6.05. The quantitative estimate of drug-likeness (QED) is 0.506. The van der Waals surface area contributed by atoms with Crippen molar-refractivity contribution < 1.29 is 24.9 Å². The number of hydrogen-bond donors (Lipinski definition) is 4. The molecule has 9 heteroatoms. The molecule has 2 aromatic rings. The standard InChI is InChI=1S/C17H19N3O6/c1-8-11(12(22)9-5-3-2-4-6-9)20(17(25)19-15(8)18)16-14(24)13(23)10(7-21)26-16/h2-6,10,13-14,16,21,23-24H,7H2,1H3,(H2,18,19,25)/t10-,13-,14-,16?/m1/s1. The molecule has 0 saturated carbocycles. The Kier molecular flexibility index (Phi) is 4.88. The second kappa shape index (κ2) is 6.96. The van der Waals surface area contributed by atoms with Gasteiger partial charge in [-0.2, -0.15) is 4.98 Å². The van der Waals surface area contributed by atoms with E-state index in [1.54, 1.807) is 30.3 Å². The molecule has 2 heterocycles. The molecule has 5 N–H and O–H groups in total. The first kappa shape index (κ1) is 18.2. The van der Waals surface area contributed by atoms with Crippen molar-refractivity contribution in [3.63, 3.8) is 0 Å². The summed E-state index contributed by atoms with van der Waals surface area (Å²) in [6, 6.07) is 8.22. The molecule has 1 saturated heterocycles. The van der Waals surface area contributed by atoms with Crippen molar-refractivity contribution in [3.05, 3.63) is 57.6 Å². The molecule has 0 radical (unpaired) electrons. The van der Waals surface area contributed by atoms with Gasteiger partial charge in [0.05, 0.1) is 6.61 Å². The van der Waals surface area contributed by atoms with E-state index in [1.807, 2.05) is 0 Å². The van der Waals surface area contributed by atoms with E-state index >= 15 is 0 Å². The maximum Gasteiger partial charge on any atom is 0.352 e. The van der Waals surface area contributed by atoms with Gasteiger partial charge < -0.3 is 25.8 Å². The van der Waals surface area contributed by atoms with Crippen LogP contribution >= 0.6 is 0 Å². The van der Waals surface area contributed by atoms with Crippen molar-refractivity contribution in [2.45, 2.75) is 31.5 Å². The first-order valence-electron chi connectivity index (χ1n) is 7.97. The SMILES string of the molecule is Cc1c(N)nc(=O)n(C2O[C@H](CO)[C@@H](O)[C@H]2O)c1C(=O)c1ccccc1. The number of aromatic nitrogens is 2. The largest absolute Gasteiger partial charge is 0.394 e. The van der Waals surface area contributed by atoms with Crippen molar-refractivity contribution in [2.24, 2.45) is 0 Å². The van der Waals surface area contributed by atoms with Crippen LogP contribution in [0.3, 0.4) is 0 Å². The molecule has 1 aliphatic rings. The molecule has 1 aromatic heterocycles. The minimum absolute atomic E-state index is 0.0939. The van der Waals surface area contributed by atoms with Crippen LogP contribution in [-0.2, 0) is 4.74 Å². The Morgan fingerprint density at radius 3 is 2.50 bits per heavy atom. The van der Waals surface area contributed by atoms with Crippen LogP contribution in [0.15, 0.2) is 35.1 Å². The molecule has 0 aliphatic carbocycles. The molecule has 4 atom stereocenters. The third kappa shape index (κ3) is 2.90. The molecule has 0 spiro atoms. The van der Waals surface area contributed by atoms with Gasteiger partial charge in [0.1, 0.15) is 29.8 Å². The Balaban J connectivity index is 2.19. The summed E-state index contributed by atoms with van der Waals surface area (Å²) in [6.07, 6.45) is -5.44. The molecule has 0 bridgehead atoms. The van der Waals surface area contributed by atoms with Gasteiger partial charge in [-0.25, -0.2) is 4.79 Å². The number of nitrogens with zero attached hydrogens (tertiary/aromatic N) is 2. The fourth-order valence-corrected chi connectivity index (χ4v) is 2.97. The number of nitrogens with two attached hydrogens (primary N) is 1. The van der Waals surface area contributed by atoms with Crippen molar-refractivity contribution in [1.82, 2.24) is 9.55 Å². The molecule has 138 valence electrons. The van der Waals surface area contributed by atoms with Crippen LogP contribution in [0.4, 0.5) is 5.82 Å². The van der Waals surface area contributed by atoms with E-state index in [1.165, 1.54) is 6.92 Å². The van der Waals surface area contributed by atoms with E-state index in [0.717, 1.165) is 4.57 Å². The Labute approximate surface area is 148 Å². The normalized spacial score (nSPS) is 25.4. The molecule has 1 unspecified atom stereocenters. The van der Waals surface area contributed by atoms with Gasteiger partial charge in [-0.3, -0.25) is 9.36 Å². The van der Waals surface area contributed by atoms with Gasteiger partial charge in [-0.1, -0.05) is 30.3 Å². The number of aliphatic hydroxyl groups is 3. The Hall–Kier alpha value is -2.59. The van der Waals surface area contributed by atoms with E-state index in [4.69, 9.17) is 10.5 Å². The predicted molar refractivity (Wildman–Crippen MR) is 90.5 cm³/mol. The minimum Gasteiger partial charge on any atom is -0.394 e. The lowest BCUT2D eigenvalue weighted by atomic mass is 10.0. The summed E-state index contributed by atoms with van der Waals surface area (Å²) in [7, 11) is 0. The molecule has 26 heavy (non-hydrogen) atoms. The van der Waals surface area contributed by atoms with Gasteiger partial charge in [0.15, 0.2) is 6.23 Å². The summed E-state index contributed by atoms with van der Waals surface area (Å²) >= 11 is 0. The molecule has 3 rings (SSSR count). The van der Waals surface area contributed by atoms with Crippen LogP contribution < -0.4 is 11.4 Å². The van der Waals surface area contributed by atoms with E-state index in [0.29, 0.717) is 5.56 Å². The number of ketones is 1. The van der Waals surface area contributed by atoms with Gasteiger partial charge in [0.25, 0.3) is 0 Å². The zero-order chi connectivity index (χ0) is 19.0. The average Bonchev–Trinajstić information content (AvgIpc) is 2.92. The number of nitrogen functional groups attached to an aromatic ring is 1. The number of carbonyl (C=O) groups is 1. The van der Waals surface area contributed by atoms with Crippen LogP contribution in [0.25, 0.3) is 0 Å². The van der Waals surface area contributed by atoms with Gasteiger partial charge in [-0.15, -0.1) is 0 Å². The molecule has 9 nitrogen and oxygen atoms in total. The fourth-order valence-electron chi connectivity index (χ4n) is 2.97. The number of ether oxygens (including phenoxy) is 1. The number of benzene rings is 1. The smallest absolute Gasteiger partial charge is 0.352 e. The lowest BCUT2D eigenvalue weighted by Crippen LogP contribution is -2.39. The van der Waals surface area contributed by atoms with Crippen molar-refractivity contribution in [2.75, 3.05) is 12.3 Å². The summed E-state index contributed by atoms with van der Waals surface area (Å²) in [5.74, 6) is -0.621. The first-order valence-corrected chi connectivity index (χ1v) is 7.97. The maximum absolute atomic E-state index is 13.0. The topological polar surface area (TPSA) is 148 Å². The number of rotatable bonds is 4. The number of hydrogen-bond acceptors (Lipinski definition) is 8. The van der Waals surface area contributed by atoms with Gasteiger partial charge in [-0.05, 0) is 6.92 Å². The molecule has 1 aliphatic heterocycles. The van der Waals surface area contributed by atoms with Crippen LogP contribution in [-0.4, -0.2) is 55.6 Å². The highest BCUT2D eigenvalue weighted by Gasteiger charge is 2.45. The Morgan fingerprint density at radius 2 is 1.92 bits per heavy atom. The van der Waals surface area contributed by atoms with Crippen molar-refractivity contribution in [3.8, 4) is 0 Å². The highest BCUT2D eigenvalue weighted by Crippen LogP contribution is 2.31. The van der Waals surface area contributed by atoms with E-state index in [-0.39, 0.29) is 17.1 Å². The van der Waals surface area contributed by atoms with E-state index < -0.39 is 42.6 Å². The highest BCUT2D eigenvalue weighted by molar-refractivity contribution is 6.09. The van der Waals surface area contributed by atoms with E-state index in [9.17, 15) is 24.9 Å². The van der Waals surface area contributed by atoms with Crippen molar-refractivity contribution >= 4 is 11.6 Å². The summed E-state index contributed by atoms with van der Waals surface area (Å²) in [6.45, 7) is 0.961. The summed E-state index contributed by atoms with van der Waals surface area (Å²) in [5.41, 5.74) is 5.31. The Bertz CT molecular complexity index is 882. The van der Waals surface area contributed by atoms with Crippen LogP contribution in [0.1, 0.15) is 27.8 Å². The maximum atomic E-state index is 13.0. The lowest BCUT2D eigenvalue weighted by molar-refractivity contribution is -0.0556. The number of aliphatic hydroxyl groups excluding tert-OH is 3. The summed E-state index contributed by atoms with van der Waals surface area (Å²) in [5, 5.41) is 29.5. The monoisotopic (exact) mass is 361 g/mol. The zero-order valence-electron chi connectivity index (χ0n) is 13.9.